The first kappa shape index (κ1) is 16.5. The van der Waals surface area contributed by atoms with Crippen LogP contribution >= 0.6 is 0 Å². The van der Waals surface area contributed by atoms with Crippen LogP contribution in [0.3, 0.4) is 0 Å². The molecule has 0 saturated carbocycles. The van der Waals surface area contributed by atoms with Crippen molar-refractivity contribution in [3.8, 4) is 0 Å². The SMILES string of the molecule is CCNC(CO)(CN1CCCC(C)C1C)c1ccccc1. The van der Waals surface area contributed by atoms with E-state index in [4.69, 9.17) is 0 Å². The van der Waals surface area contributed by atoms with E-state index in [2.05, 4.69) is 55.3 Å². The summed E-state index contributed by atoms with van der Waals surface area (Å²) in [5.74, 6) is 0.729. The van der Waals surface area contributed by atoms with Crippen molar-refractivity contribution in [1.29, 1.82) is 0 Å². The second-order valence-corrected chi connectivity index (χ2v) is 6.47. The van der Waals surface area contributed by atoms with Crippen LogP contribution in [0.15, 0.2) is 30.3 Å². The van der Waals surface area contributed by atoms with Gasteiger partial charge in [-0.05, 0) is 44.3 Å². The molecule has 3 atom stereocenters. The largest absolute Gasteiger partial charge is 0.394 e. The molecule has 21 heavy (non-hydrogen) atoms. The third-order valence-electron chi connectivity index (χ3n) is 5.09. The highest BCUT2D eigenvalue weighted by molar-refractivity contribution is 5.25. The molecule has 0 amide bonds. The Balaban J connectivity index is 2.24. The molecule has 0 bridgehead atoms. The summed E-state index contributed by atoms with van der Waals surface area (Å²) in [6.45, 7) is 9.75. The predicted molar refractivity (Wildman–Crippen MR) is 88.3 cm³/mol. The molecule has 3 unspecified atom stereocenters. The van der Waals surface area contributed by atoms with Crippen LogP contribution in [-0.2, 0) is 5.54 Å². The molecule has 3 heteroatoms. The zero-order chi connectivity index (χ0) is 15.3. The Morgan fingerprint density at radius 2 is 2.00 bits per heavy atom. The van der Waals surface area contributed by atoms with Crippen molar-refractivity contribution < 1.29 is 5.11 Å². The molecule has 0 radical (unpaired) electrons. The third kappa shape index (κ3) is 3.65. The standard InChI is InChI=1S/C18H30N2O/c1-4-19-18(14-21,17-10-6-5-7-11-17)13-20-12-8-9-15(2)16(20)3/h5-7,10-11,15-16,19,21H,4,8-9,12-14H2,1-3H3. The van der Waals surface area contributed by atoms with Crippen molar-refractivity contribution in [3.63, 3.8) is 0 Å². The number of rotatable bonds is 6. The predicted octanol–water partition coefficient (Wildman–Crippen LogP) is 2.60. The normalized spacial score (nSPS) is 26.5. The summed E-state index contributed by atoms with van der Waals surface area (Å²) in [7, 11) is 0. The van der Waals surface area contributed by atoms with E-state index in [1.165, 1.54) is 18.4 Å². The Kier molecular flexibility index (Phi) is 5.80. The molecule has 1 aliphatic heterocycles. The Morgan fingerprint density at radius 3 is 2.62 bits per heavy atom. The smallest absolute Gasteiger partial charge is 0.0797 e. The second kappa shape index (κ2) is 7.39. The van der Waals surface area contributed by atoms with E-state index in [-0.39, 0.29) is 12.1 Å². The number of nitrogens with one attached hydrogen (secondary N) is 1. The number of hydrogen-bond donors (Lipinski definition) is 2. The maximum atomic E-state index is 10.2. The first-order valence-electron chi connectivity index (χ1n) is 8.28. The lowest BCUT2D eigenvalue weighted by Crippen LogP contribution is -2.57. The van der Waals surface area contributed by atoms with Crippen molar-refractivity contribution in [2.45, 2.75) is 45.2 Å². The van der Waals surface area contributed by atoms with E-state index in [1.54, 1.807) is 0 Å². The fraction of sp³-hybridized carbons (Fsp3) is 0.667. The van der Waals surface area contributed by atoms with E-state index >= 15 is 0 Å². The topological polar surface area (TPSA) is 35.5 Å². The van der Waals surface area contributed by atoms with Crippen molar-refractivity contribution in [2.24, 2.45) is 5.92 Å². The molecule has 0 spiro atoms. The van der Waals surface area contributed by atoms with Crippen LogP contribution in [-0.4, -0.2) is 42.3 Å². The molecule has 1 fully saturated rings. The van der Waals surface area contributed by atoms with Gasteiger partial charge in [0, 0.05) is 12.6 Å². The van der Waals surface area contributed by atoms with Gasteiger partial charge in [0.1, 0.15) is 0 Å². The van der Waals surface area contributed by atoms with Gasteiger partial charge in [-0.2, -0.15) is 0 Å². The summed E-state index contributed by atoms with van der Waals surface area (Å²) in [6, 6.07) is 11.0. The highest BCUT2D eigenvalue weighted by Crippen LogP contribution is 2.28. The molecule has 0 aromatic heterocycles. The molecular formula is C18H30N2O. The molecule has 1 aromatic rings. The van der Waals surface area contributed by atoms with Crippen molar-refractivity contribution in [1.82, 2.24) is 10.2 Å². The zero-order valence-electron chi connectivity index (χ0n) is 13.7. The second-order valence-electron chi connectivity index (χ2n) is 6.47. The van der Waals surface area contributed by atoms with E-state index < -0.39 is 0 Å². The van der Waals surface area contributed by atoms with Gasteiger partial charge < -0.3 is 10.4 Å². The van der Waals surface area contributed by atoms with Gasteiger partial charge in [-0.1, -0.05) is 44.2 Å². The van der Waals surface area contributed by atoms with Crippen LogP contribution in [0.25, 0.3) is 0 Å². The number of likely N-dealkylation sites (N-methyl/N-ethyl adjacent to an activating group) is 1. The average molecular weight is 290 g/mol. The van der Waals surface area contributed by atoms with Crippen molar-refractivity contribution in [3.05, 3.63) is 35.9 Å². The van der Waals surface area contributed by atoms with Crippen LogP contribution in [0.5, 0.6) is 0 Å². The van der Waals surface area contributed by atoms with E-state index in [0.717, 1.165) is 25.6 Å². The number of benzene rings is 1. The molecule has 3 nitrogen and oxygen atoms in total. The van der Waals surface area contributed by atoms with Gasteiger partial charge in [0.2, 0.25) is 0 Å². The summed E-state index contributed by atoms with van der Waals surface area (Å²) in [4.78, 5) is 2.54. The number of likely N-dealkylation sites (tertiary alicyclic amines) is 1. The number of aliphatic hydroxyl groups is 1. The monoisotopic (exact) mass is 290 g/mol. The molecule has 2 rings (SSSR count). The quantitative estimate of drug-likeness (QED) is 0.845. The highest BCUT2D eigenvalue weighted by Gasteiger charge is 2.36. The van der Waals surface area contributed by atoms with Gasteiger partial charge in [-0.25, -0.2) is 0 Å². The summed E-state index contributed by atoms with van der Waals surface area (Å²) in [5.41, 5.74) is 0.821. The van der Waals surface area contributed by atoms with Gasteiger partial charge in [0.15, 0.2) is 0 Å². The van der Waals surface area contributed by atoms with E-state index in [0.29, 0.717) is 6.04 Å². The molecule has 1 heterocycles. The molecule has 118 valence electrons. The van der Waals surface area contributed by atoms with Crippen LogP contribution < -0.4 is 5.32 Å². The number of aliphatic hydroxyl groups excluding tert-OH is 1. The Labute approximate surface area is 129 Å². The van der Waals surface area contributed by atoms with E-state index in [9.17, 15) is 5.11 Å². The van der Waals surface area contributed by atoms with Gasteiger partial charge >= 0.3 is 0 Å². The lowest BCUT2D eigenvalue weighted by atomic mass is 9.86. The average Bonchev–Trinajstić information content (AvgIpc) is 2.52. The molecule has 0 aliphatic carbocycles. The lowest BCUT2D eigenvalue weighted by molar-refractivity contribution is 0.0496. The van der Waals surface area contributed by atoms with Crippen LogP contribution in [0.1, 0.15) is 39.2 Å². The third-order valence-corrected chi connectivity index (χ3v) is 5.09. The number of hydrogen-bond acceptors (Lipinski definition) is 3. The molecule has 1 saturated heterocycles. The zero-order valence-corrected chi connectivity index (χ0v) is 13.7. The Morgan fingerprint density at radius 1 is 1.29 bits per heavy atom. The first-order chi connectivity index (χ1) is 10.1. The van der Waals surface area contributed by atoms with Gasteiger partial charge in [0.25, 0.3) is 0 Å². The fourth-order valence-corrected chi connectivity index (χ4v) is 3.53. The minimum atomic E-state index is -0.360. The first-order valence-corrected chi connectivity index (χ1v) is 8.28. The van der Waals surface area contributed by atoms with E-state index in [1.807, 2.05) is 6.07 Å². The maximum Gasteiger partial charge on any atom is 0.0797 e. The highest BCUT2D eigenvalue weighted by atomic mass is 16.3. The number of piperidine rings is 1. The fourth-order valence-electron chi connectivity index (χ4n) is 3.53. The minimum absolute atomic E-state index is 0.127. The summed E-state index contributed by atoms with van der Waals surface area (Å²) >= 11 is 0. The van der Waals surface area contributed by atoms with Gasteiger partial charge in [-0.3, -0.25) is 4.90 Å². The Hall–Kier alpha value is -0.900. The minimum Gasteiger partial charge on any atom is -0.394 e. The molecule has 2 N–H and O–H groups in total. The van der Waals surface area contributed by atoms with Crippen LogP contribution in [0.4, 0.5) is 0 Å². The maximum absolute atomic E-state index is 10.2. The van der Waals surface area contributed by atoms with Crippen molar-refractivity contribution >= 4 is 0 Å². The van der Waals surface area contributed by atoms with Crippen LogP contribution in [0.2, 0.25) is 0 Å². The lowest BCUT2D eigenvalue weighted by Gasteiger charge is -2.44. The molecule has 1 aromatic carbocycles. The summed E-state index contributed by atoms with van der Waals surface area (Å²) < 4.78 is 0. The number of nitrogens with zero attached hydrogens (tertiary/aromatic N) is 1. The molecule has 1 aliphatic rings. The Bertz CT molecular complexity index is 422. The van der Waals surface area contributed by atoms with Gasteiger partial charge in [-0.15, -0.1) is 0 Å². The van der Waals surface area contributed by atoms with Crippen LogP contribution in [0, 0.1) is 5.92 Å². The van der Waals surface area contributed by atoms with Gasteiger partial charge in [0.05, 0.1) is 12.1 Å². The van der Waals surface area contributed by atoms with Crippen molar-refractivity contribution in [2.75, 3.05) is 26.2 Å². The summed E-state index contributed by atoms with van der Waals surface area (Å²) in [6.07, 6.45) is 2.57. The summed E-state index contributed by atoms with van der Waals surface area (Å²) in [5, 5.41) is 13.7. The molecular weight excluding hydrogens is 260 g/mol.